The van der Waals surface area contributed by atoms with Crippen molar-refractivity contribution >= 4 is 0 Å². The number of likely N-dealkylation sites (N-methyl/N-ethyl adjacent to an activating group) is 1. The summed E-state index contributed by atoms with van der Waals surface area (Å²) < 4.78 is 5.78. The lowest BCUT2D eigenvalue weighted by molar-refractivity contribution is 0.160. The predicted molar refractivity (Wildman–Crippen MR) is 89.0 cm³/mol. The van der Waals surface area contributed by atoms with Gasteiger partial charge in [0.1, 0.15) is 5.75 Å². The highest BCUT2D eigenvalue weighted by Gasteiger charge is 2.28. The maximum absolute atomic E-state index is 6.11. The molecular formula is C18H30N2O. The molecule has 0 aliphatic carbocycles. The first-order chi connectivity index (χ1) is 10.2. The zero-order chi connectivity index (χ0) is 15.2. The summed E-state index contributed by atoms with van der Waals surface area (Å²) in [7, 11) is 2.23. The molecule has 0 saturated carbocycles. The molecule has 0 amide bonds. The summed E-state index contributed by atoms with van der Waals surface area (Å²) in [6, 6.07) is 7.17. The van der Waals surface area contributed by atoms with Gasteiger partial charge in [0.15, 0.2) is 0 Å². The quantitative estimate of drug-likeness (QED) is 0.873. The molecule has 3 nitrogen and oxygen atoms in total. The normalized spacial score (nSPS) is 21.2. The van der Waals surface area contributed by atoms with Crippen LogP contribution in [-0.4, -0.2) is 37.7 Å². The summed E-state index contributed by atoms with van der Waals surface area (Å²) in [5.74, 6) is 1.43. The molecule has 3 heteroatoms. The van der Waals surface area contributed by atoms with Crippen LogP contribution in [0, 0.1) is 6.92 Å². The Morgan fingerprint density at radius 2 is 2.19 bits per heavy atom. The van der Waals surface area contributed by atoms with Gasteiger partial charge < -0.3 is 15.4 Å². The van der Waals surface area contributed by atoms with Gasteiger partial charge in [0, 0.05) is 18.5 Å². The molecule has 1 fully saturated rings. The number of piperidine rings is 1. The molecule has 0 aromatic heterocycles. The highest BCUT2D eigenvalue weighted by molar-refractivity contribution is 5.38. The fourth-order valence-electron chi connectivity index (χ4n) is 3.40. The van der Waals surface area contributed by atoms with Crippen LogP contribution in [0.3, 0.4) is 0 Å². The van der Waals surface area contributed by atoms with Crippen LogP contribution in [0.1, 0.15) is 49.7 Å². The highest BCUT2D eigenvalue weighted by Crippen LogP contribution is 2.31. The molecule has 2 atom stereocenters. The summed E-state index contributed by atoms with van der Waals surface area (Å²) >= 11 is 0. The molecule has 0 radical (unpaired) electrons. The maximum atomic E-state index is 6.11. The zero-order valence-corrected chi connectivity index (χ0v) is 13.8. The van der Waals surface area contributed by atoms with E-state index in [0.717, 1.165) is 18.8 Å². The van der Waals surface area contributed by atoms with Gasteiger partial charge in [-0.25, -0.2) is 0 Å². The molecule has 1 aliphatic rings. The van der Waals surface area contributed by atoms with Crippen LogP contribution in [0.15, 0.2) is 18.2 Å². The Kier molecular flexibility index (Phi) is 6.07. The van der Waals surface area contributed by atoms with Crippen LogP contribution in [-0.2, 0) is 0 Å². The van der Waals surface area contributed by atoms with Crippen molar-refractivity contribution in [2.75, 3.05) is 26.7 Å². The van der Waals surface area contributed by atoms with E-state index in [-0.39, 0.29) is 0 Å². The van der Waals surface area contributed by atoms with E-state index in [1.165, 1.54) is 36.9 Å². The number of hydrogen-bond donors (Lipinski definition) is 1. The van der Waals surface area contributed by atoms with Gasteiger partial charge in [0.25, 0.3) is 0 Å². The Morgan fingerprint density at radius 1 is 1.38 bits per heavy atom. The van der Waals surface area contributed by atoms with Crippen LogP contribution < -0.4 is 10.5 Å². The van der Waals surface area contributed by atoms with Crippen molar-refractivity contribution in [1.29, 1.82) is 0 Å². The van der Waals surface area contributed by atoms with E-state index in [2.05, 4.69) is 44.0 Å². The van der Waals surface area contributed by atoms with E-state index in [0.29, 0.717) is 18.5 Å². The van der Waals surface area contributed by atoms with Crippen LogP contribution in [0.4, 0.5) is 0 Å². The molecule has 0 spiro atoms. The molecule has 1 saturated heterocycles. The SMILES string of the molecule is CCCOc1ccc(C(CN)C2CCCCN2C)cc1C. The van der Waals surface area contributed by atoms with Crippen molar-refractivity contribution in [3.63, 3.8) is 0 Å². The molecule has 2 N–H and O–H groups in total. The number of hydrogen-bond acceptors (Lipinski definition) is 3. The molecule has 21 heavy (non-hydrogen) atoms. The third-order valence-electron chi connectivity index (χ3n) is 4.63. The summed E-state index contributed by atoms with van der Waals surface area (Å²) in [6.45, 7) is 6.95. The number of likely N-dealkylation sites (tertiary alicyclic amines) is 1. The summed E-state index contributed by atoms with van der Waals surface area (Å²) in [5, 5.41) is 0. The molecule has 1 aliphatic heterocycles. The van der Waals surface area contributed by atoms with Gasteiger partial charge in [-0.15, -0.1) is 0 Å². The average molecular weight is 290 g/mol. The summed E-state index contributed by atoms with van der Waals surface area (Å²) in [4.78, 5) is 2.48. The Balaban J connectivity index is 2.16. The molecule has 1 heterocycles. The maximum Gasteiger partial charge on any atom is 0.122 e. The highest BCUT2D eigenvalue weighted by atomic mass is 16.5. The van der Waals surface area contributed by atoms with Crippen LogP contribution in [0.5, 0.6) is 5.75 Å². The topological polar surface area (TPSA) is 38.5 Å². The van der Waals surface area contributed by atoms with E-state index in [1.54, 1.807) is 0 Å². The Morgan fingerprint density at radius 3 is 2.81 bits per heavy atom. The van der Waals surface area contributed by atoms with Gasteiger partial charge in [0.05, 0.1) is 6.61 Å². The van der Waals surface area contributed by atoms with E-state index >= 15 is 0 Å². The van der Waals surface area contributed by atoms with Crippen LogP contribution in [0.25, 0.3) is 0 Å². The van der Waals surface area contributed by atoms with Gasteiger partial charge >= 0.3 is 0 Å². The second-order valence-corrected chi connectivity index (χ2v) is 6.26. The molecule has 2 unspecified atom stereocenters. The fourth-order valence-corrected chi connectivity index (χ4v) is 3.40. The van der Waals surface area contributed by atoms with Crippen LogP contribution in [0.2, 0.25) is 0 Å². The first kappa shape index (κ1) is 16.3. The van der Waals surface area contributed by atoms with Crippen molar-refractivity contribution in [3.05, 3.63) is 29.3 Å². The van der Waals surface area contributed by atoms with E-state index in [1.807, 2.05) is 0 Å². The summed E-state index contributed by atoms with van der Waals surface area (Å²) in [5.41, 5.74) is 8.69. The fraction of sp³-hybridized carbons (Fsp3) is 0.667. The lowest BCUT2D eigenvalue weighted by Gasteiger charge is -2.38. The van der Waals surface area contributed by atoms with Crippen molar-refractivity contribution in [3.8, 4) is 5.75 Å². The largest absolute Gasteiger partial charge is 0.493 e. The Bertz CT molecular complexity index is 447. The van der Waals surface area contributed by atoms with Crippen molar-refractivity contribution in [1.82, 2.24) is 4.90 Å². The second kappa shape index (κ2) is 7.81. The number of rotatable bonds is 6. The van der Waals surface area contributed by atoms with E-state index < -0.39 is 0 Å². The third kappa shape index (κ3) is 3.98. The average Bonchev–Trinajstić information content (AvgIpc) is 2.49. The third-order valence-corrected chi connectivity index (χ3v) is 4.63. The molecule has 1 aromatic carbocycles. The van der Waals surface area contributed by atoms with Crippen molar-refractivity contribution in [2.45, 2.75) is 51.5 Å². The van der Waals surface area contributed by atoms with Gasteiger partial charge in [0.2, 0.25) is 0 Å². The van der Waals surface area contributed by atoms with Gasteiger partial charge in [-0.1, -0.05) is 25.5 Å². The minimum atomic E-state index is 0.425. The molecule has 1 aromatic rings. The predicted octanol–water partition coefficient (Wildman–Crippen LogP) is 3.31. The standard InChI is InChI=1S/C18H30N2O/c1-4-11-21-18-9-8-15(12-14(18)2)16(13-19)17-7-5-6-10-20(17)3/h8-9,12,16-17H,4-7,10-11,13,19H2,1-3H3. The Hall–Kier alpha value is -1.06. The number of benzene rings is 1. The van der Waals surface area contributed by atoms with Gasteiger partial charge in [-0.2, -0.15) is 0 Å². The van der Waals surface area contributed by atoms with Gasteiger partial charge in [-0.3, -0.25) is 0 Å². The lowest BCUT2D eigenvalue weighted by Crippen LogP contribution is -2.42. The zero-order valence-electron chi connectivity index (χ0n) is 13.8. The molecule has 2 rings (SSSR count). The lowest BCUT2D eigenvalue weighted by atomic mass is 9.85. The number of aryl methyl sites for hydroxylation is 1. The monoisotopic (exact) mass is 290 g/mol. The number of ether oxygens (including phenoxy) is 1. The van der Waals surface area contributed by atoms with Gasteiger partial charge in [-0.05, 0) is 57.0 Å². The first-order valence-corrected chi connectivity index (χ1v) is 8.31. The summed E-state index contributed by atoms with van der Waals surface area (Å²) in [6.07, 6.45) is 4.93. The minimum Gasteiger partial charge on any atom is -0.493 e. The molecular weight excluding hydrogens is 260 g/mol. The van der Waals surface area contributed by atoms with Crippen LogP contribution >= 0.6 is 0 Å². The van der Waals surface area contributed by atoms with Crippen molar-refractivity contribution < 1.29 is 4.74 Å². The number of nitrogens with zero attached hydrogens (tertiary/aromatic N) is 1. The van der Waals surface area contributed by atoms with E-state index in [4.69, 9.17) is 10.5 Å². The smallest absolute Gasteiger partial charge is 0.122 e. The molecule has 118 valence electrons. The van der Waals surface area contributed by atoms with E-state index in [9.17, 15) is 0 Å². The Labute approximate surface area is 129 Å². The number of nitrogens with two attached hydrogens (primary N) is 1. The minimum absolute atomic E-state index is 0.425. The molecule has 0 bridgehead atoms. The first-order valence-electron chi connectivity index (χ1n) is 8.31. The second-order valence-electron chi connectivity index (χ2n) is 6.26. The van der Waals surface area contributed by atoms with Crippen molar-refractivity contribution in [2.24, 2.45) is 5.73 Å².